The molecule has 0 unspecified atom stereocenters. The Labute approximate surface area is 127 Å². The number of hydrogen-bond donors (Lipinski definition) is 1. The lowest BCUT2D eigenvalue weighted by Crippen LogP contribution is -2.30. The van der Waals surface area contributed by atoms with Crippen molar-refractivity contribution in [3.05, 3.63) is 52.0 Å². The fourth-order valence-electron chi connectivity index (χ4n) is 1.75. The first-order chi connectivity index (χ1) is 9.61. The van der Waals surface area contributed by atoms with Crippen LogP contribution >= 0.6 is 23.6 Å². The molecule has 104 valence electrons. The van der Waals surface area contributed by atoms with E-state index in [1.807, 2.05) is 24.4 Å². The van der Waals surface area contributed by atoms with Gasteiger partial charge in [0, 0.05) is 23.2 Å². The Morgan fingerprint density at radius 3 is 2.75 bits per heavy atom. The normalized spacial score (nSPS) is 10.2. The third-order valence-corrected chi connectivity index (χ3v) is 3.96. The molecule has 6 heteroatoms. The Balaban J connectivity index is 2.13. The second-order valence-electron chi connectivity index (χ2n) is 4.20. The Bertz CT molecular complexity index is 593. The zero-order valence-electron chi connectivity index (χ0n) is 11.1. The summed E-state index contributed by atoms with van der Waals surface area (Å²) in [7, 11) is 0. The number of pyridine rings is 1. The first-order valence-electron chi connectivity index (χ1n) is 6.19. The molecule has 0 spiro atoms. The van der Waals surface area contributed by atoms with Gasteiger partial charge in [0.1, 0.15) is 10.7 Å². The monoisotopic (exact) mass is 305 g/mol. The number of thiophene rings is 1. The summed E-state index contributed by atoms with van der Waals surface area (Å²) in [5.74, 6) is -0.0876. The lowest BCUT2D eigenvalue weighted by molar-refractivity contribution is 0.0748. The fraction of sp³-hybridized carbons (Fsp3) is 0.214. The minimum absolute atomic E-state index is 0.0876. The molecule has 2 aromatic rings. The van der Waals surface area contributed by atoms with Crippen molar-refractivity contribution >= 4 is 34.5 Å². The SMILES string of the molecule is CCN(Cc1cccs1)C(=O)c1ccc(C(N)=S)cn1. The molecule has 0 aliphatic carbocycles. The van der Waals surface area contributed by atoms with Crippen LogP contribution in [0.2, 0.25) is 0 Å². The van der Waals surface area contributed by atoms with Gasteiger partial charge in [-0.05, 0) is 30.5 Å². The van der Waals surface area contributed by atoms with Gasteiger partial charge < -0.3 is 10.6 Å². The van der Waals surface area contributed by atoms with Crippen LogP contribution in [0.15, 0.2) is 35.8 Å². The van der Waals surface area contributed by atoms with Gasteiger partial charge in [-0.25, -0.2) is 0 Å². The highest BCUT2D eigenvalue weighted by atomic mass is 32.1. The molecule has 2 heterocycles. The van der Waals surface area contributed by atoms with E-state index in [1.54, 1.807) is 28.4 Å². The fourth-order valence-corrected chi connectivity index (χ4v) is 2.59. The van der Waals surface area contributed by atoms with Crippen molar-refractivity contribution in [2.24, 2.45) is 5.73 Å². The molecule has 0 aromatic carbocycles. The van der Waals surface area contributed by atoms with Gasteiger partial charge in [0.15, 0.2) is 0 Å². The van der Waals surface area contributed by atoms with Crippen LogP contribution in [0, 0.1) is 0 Å². The Kier molecular flexibility index (Phi) is 4.81. The van der Waals surface area contributed by atoms with Gasteiger partial charge in [-0.15, -0.1) is 11.3 Å². The van der Waals surface area contributed by atoms with Crippen LogP contribution in [-0.2, 0) is 6.54 Å². The molecule has 0 atom stereocenters. The summed E-state index contributed by atoms with van der Waals surface area (Å²) in [5.41, 5.74) is 6.58. The molecule has 20 heavy (non-hydrogen) atoms. The lowest BCUT2D eigenvalue weighted by atomic mass is 10.2. The quantitative estimate of drug-likeness (QED) is 0.862. The number of hydrogen-bond acceptors (Lipinski definition) is 4. The summed E-state index contributed by atoms with van der Waals surface area (Å²) in [6, 6.07) is 7.38. The predicted molar refractivity (Wildman–Crippen MR) is 84.9 cm³/mol. The van der Waals surface area contributed by atoms with Crippen molar-refractivity contribution in [3.63, 3.8) is 0 Å². The van der Waals surface area contributed by atoms with Crippen molar-refractivity contribution in [2.75, 3.05) is 6.54 Å². The molecule has 2 N–H and O–H groups in total. The summed E-state index contributed by atoms with van der Waals surface area (Å²) in [6.45, 7) is 3.19. The van der Waals surface area contributed by atoms with Gasteiger partial charge in [0.2, 0.25) is 0 Å². The molecule has 0 aliphatic rings. The van der Waals surface area contributed by atoms with E-state index in [4.69, 9.17) is 18.0 Å². The van der Waals surface area contributed by atoms with E-state index < -0.39 is 0 Å². The molecular weight excluding hydrogens is 290 g/mol. The highest BCUT2D eigenvalue weighted by Gasteiger charge is 2.16. The number of rotatable bonds is 5. The summed E-state index contributed by atoms with van der Waals surface area (Å²) in [5, 5.41) is 2.00. The highest BCUT2D eigenvalue weighted by molar-refractivity contribution is 7.80. The maximum atomic E-state index is 12.4. The number of thiocarbonyl (C=S) groups is 1. The second kappa shape index (κ2) is 6.58. The molecule has 0 saturated heterocycles. The first kappa shape index (κ1) is 14.6. The van der Waals surface area contributed by atoms with E-state index in [9.17, 15) is 4.79 Å². The summed E-state index contributed by atoms with van der Waals surface area (Å²) in [4.78, 5) is 19.7. The Morgan fingerprint density at radius 1 is 1.45 bits per heavy atom. The van der Waals surface area contributed by atoms with Crippen molar-refractivity contribution in [3.8, 4) is 0 Å². The second-order valence-corrected chi connectivity index (χ2v) is 5.67. The van der Waals surface area contributed by atoms with Crippen LogP contribution in [0.5, 0.6) is 0 Å². The summed E-state index contributed by atoms with van der Waals surface area (Å²) >= 11 is 6.50. The van der Waals surface area contributed by atoms with Crippen LogP contribution in [0.1, 0.15) is 27.9 Å². The number of nitrogens with zero attached hydrogens (tertiary/aromatic N) is 2. The average Bonchev–Trinajstić information content (AvgIpc) is 2.97. The van der Waals surface area contributed by atoms with Crippen molar-refractivity contribution in [1.82, 2.24) is 9.88 Å². The Morgan fingerprint density at radius 2 is 2.25 bits per heavy atom. The zero-order valence-corrected chi connectivity index (χ0v) is 12.7. The third-order valence-electron chi connectivity index (χ3n) is 2.86. The van der Waals surface area contributed by atoms with E-state index in [-0.39, 0.29) is 10.9 Å². The van der Waals surface area contributed by atoms with Crippen LogP contribution in [0.3, 0.4) is 0 Å². The first-order valence-corrected chi connectivity index (χ1v) is 7.48. The smallest absolute Gasteiger partial charge is 0.272 e. The van der Waals surface area contributed by atoms with Gasteiger partial charge in [-0.1, -0.05) is 18.3 Å². The van der Waals surface area contributed by atoms with Crippen molar-refractivity contribution in [2.45, 2.75) is 13.5 Å². The maximum Gasteiger partial charge on any atom is 0.272 e. The van der Waals surface area contributed by atoms with Gasteiger partial charge in [-0.3, -0.25) is 9.78 Å². The number of nitrogens with two attached hydrogens (primary N) is 1. The lowest BCUT2D eigenvalue weighted by Gasteiger charge is -2.19. The van der Waals surface area contributed by atoms with E-state index in [2.05, 4.69) is 4.98 Å². The van der Waals surface area contributed by atoms with Crippen molar-refractivity contribution < 1.29 is 4.79 Å². The maximum absolute atomic E-state index is 12.4. The molecule has 2 rings (SSSR count). The van der Waals surface area contributed by atoms with Crippen LogP contribution < -0.4 is 5.73 Å². The van der Waals surface area contributed by atoms with Gasteiger partial charge in [0.25, 0.3) is 5.91 Å². The molecule has 1 amide bonds. The van der Waals surface area contributed by atoms with E-state index in [0.29, 0.717) is 24.3 Å². The summed E-state index contributed by atoms with van der Waals surface area (Å²) < 4.78 is 0. The molecule has 2 aromatic heterocycles. The minimum Gasteiger partial charge on any atom is -0.389 e. The molecule has 0 aliphatic heterocycles. The van der Waals surface area contributed by atoms with E-state index in [1.165, 1.54) is 6.20 Å². The van der Waals surface area contributed by atoms with Crippen molar-refractivity contribution in [1.29, 1.82) is 0 Å². The minimum atomic E-state index is -0.0876. The largest absolute Gasteiger partial charge is 0.389 e. The average molecular weight is 305 g/mol. The Hall–Kier alpha value is -1.79. The number of carbonyl (C=O) groups is 1. The predicted octanol–water partition coefficient (Wildman–Crippen LogP) is 2.44. The standard InChI is InChI=1S/C14H15N3OS2/c1-2-17(9-11-4-3-7-20-11)14(18)12-6-5-10(8-16-12)13(15)19/h3-8H,2,9H2,1H3,(H2,15,19). The van der Waals surface area contributed by atoms with Gasteiger partial charge in [0.05, 0.1) is 6.54 Å². The molecule has 4 nitrogen and oxygen atoms in total. The number of carbonyl (C=O) groups excluding carboxylic acids is 1. The van der Waals surface area contributed by atoms with E-state index >= 15 is 0 Å². The van der Waals surface area contributed by atoms with E-state index in [0.717, 1.165) is 4.88 Å². The number of amides is 1. The van der Waals surface area contributed by atoms with Crippen LogP contribution in [0.25, 0.3) is 0 Å². The molecule has 0 radical (unpaired) electrons. The molecule has 0 fully saturated rings. The molecular formula is C14H15N3OS2. The topological polar surface area (TPSA) is 59.2 Å². The van der Waals surface area contributed by atoms with Crippen LogP contribution in [0.4, 0.5) is 0 Å². The van der Waals surface area contributed by atoms with Gasteiger partial charge in [-0.2, -0.15) is 0 Å². The molecule has 0 bridgehead atoms. The van der Waals surface area contributed by atoms with Gasteiger partial charge >= 0.3 is 0 Å². The molecule has 0 saturated carbocycles. The zero-order chi connectivity index (χ0) is 14.5. The highest BCUT2D eigenvalue weighted by Crippen LogP contribution is 2.13. The van der Waals surface area contributed by atoms with Crippen LogP contribution in [-0.4, -0.2) is 27.3 Å². The third kappa shape index (κ3) is 3.40. The summed E-state index contributed by atoms with van der Waals surface area (Å²) in [6.07, 6.45) is 1.54. The number of aromatic nitrogens is 1.